The summed E-state index contributed by atoms with van der Waals surface area (Å²) in [7, 11) is 0. The maximum atomic E-state index is 8.72. The van der Waals surface area contributed by atoms with E-state index in [2.05, 4.69) is 5.32 Å². The monoisotopic (exact) mass is 147 g/mol. The van der Waals surface area contributed by atoms with E-state index in [9.17, 15) is 0 Å². The smallest absolute Gasteiger partial charge is 0.0555 e. The molecule has 3 N–H and O–H groups in total. The first-order chi connectivity index (χ1) is 4.85. The molecule has 0 fully saturated rings. The van der Waals surface area contributed by atoms with E-state index in [1.165, 1.54) is 0 Å². The number of rotatable bonds is 6. The summed E-state index contributed by atoms with van der Waals surface area (Å²) < 4.78 is 0. The Morgan fingerprint density at radius 2 is 2.10 bits per heavy atom. The highest BCUT2D eigenvalue weighted by Crippen LogP contribution is 1.97. The summed E-state index contributed by atoms with van der Waals surface area (Å²) >= 11 is 0. The van der Waals surface area contributed by atoms with Gasteiger partial charge in [0.15, 0.2) is 0 Å². The molecule has 0 bridgehead atoms. The molecule has 0 saturated carbocycles. The first-order valence-corrected chi connectivity index (χ1v) is 3.77. The molecule has 10 heavy (non-hydrogen) atoms. The molecule has 0 aliphatic rings. The van der Waals surface area contributed by atoms with Crippen LogP contribution in [0.25, 0.3) is 0 Å². The second-order valence-corrected chi connectivity index (χ2v) is 2.38. The molecular formula is C7H17NO2. The van der Waals surface area contributed by atoms with Gasteiger partial charge in [-0.2, -0.15) is 0 Å². The molecule has 0 aliphatic heterocycles. The van der Waals surface area contributed by atoms with Crippen molar-refractivity contribution in [2.45, 2.75) is 13.3 Å². The average Bonchev–Trinajstić information content (AvgIpc) is 1.99. The summed E-state index contributed by atoms with van der Waals surface area (Å²) in [5, 5.41) is 20.1. The van der Waals surface area contributed by atoms with Gasteiger partial charge < -0.3 is 15.5 Å². The fourth-order valence-corrected chi connectivity index (χ4v) is 0.723. The summed E-state index contributed by atoms with van der Waals surface area (Å²) in [6.07, 6.45) is 0.981. The molecule has 0 amide bonds. The lowest BCUT2D eigenvalue weighted by atomic mass is 10.1. The Hall–Kier alpha value is -0.120. The fraction of sp³-hybridized carbons (Fsp3) is 1.00. The Morgan fingerprint density at radius 1 is 1.40 bits per heavy atom. The van der Waals surface area contributed by atoms with Gasteiger partial charge in [-0.1, -0.05) is 6.92 Å². The molecule has 0 aromatic heterocycles. The van der Waals surface area contributed by atoms with Crippen LogP contribution in [0.2, 0.25) is 0 Å². The third-order valence-corrected chi connectivity index (χ3v) is 1.56. The zero-order chi connectivity index (χ0) is 7.82. The van der Waals surface area contributed by atoms with E-state index in [4.69, 9.17) is 10.2 Å². The van der Waals surface area contributed by atoms with Gasteiger partial charge in [0.2, 0.25) is 0 Å². The highest BCUT2D eigenvalue weighted by atomic mass is 16.3. The maximum absolute atomic E-state index is 8.72. The van der Waals surface area contributed by atoms with Crippen LogP contribution in [0.15, 0.2) is 0 Å². The van der Waals surface area contributed by atoms with E-state index in [1.54, 1.807) is 0 Å². The van der Waals surface area contributed by atoms with Crippen molar-refractivity contribution in [2.75, 3.05) is 26.3 Å². The normalized spacial score (nSPS) is 13.5. The van der Waals surface area contributed by atoms with Crippen LogP contribution in [0.5, 0.6) is 0 Å². The molecule has 0 aromatic carbocycles. The van der Waals surface area contributed by atoms with Crippen molar-refractivity contribution in [3.63, 3.8) is 0 Å². The summed E-state index contributed by atoms with van der Waals surface area (Å²) in [4.78, 5) is 0. The van der Waals surface area contributed by atoms with Crippen molar-refractivity contribution in [3.05, 3.63) is 0 Å². The van der Waals surface area contributed by atoms with Crippen LogP contribution in [0.4, 0.5) is 0 Å². The third-order valence-electron chi connectivity index (χ3n) is 1.56. The van der Waals surface area contributed by atoms with Crippen LogP contribution in [0.1, 0.15) is 13.3 Å². The maximum Gasteiger partial charge on any atom is 0.0555 e. The lowest BCUT2D eigenvalue weighted by molar-refractivity contribution is 0.214. The molecule has 1 unspecified atom stereocenters. The molecular weight excluding hydrogens is 130 g/mol. The second kappa shape index (κ2) is 6.99. The number of nitrogens with one attached hydrogen (secondary N) is 1. The van der Waals surface area contributed by atoms with Crippen molar-refractivity contribution in [1.82, 2.24) is 5.32 Å². The minimum Gasteiger partial charge on any atom is -0.396 e. The topological polar surface area (TPSA) is 52.5 Å². The summed E-state index contributed by atoms with van der Waals surface area (Å²) in [5.74, 6) is 0.339. The predicted octanol–water partition coefficient (Wildman–Crippen LogP) is -0.413. The lowest BCUT2D eigenvalue weighted by Crippen LogP contribution is -2.27. The van der Waals surface area contributed by atoms with Crippen molar-refractivity contribution >= 4 is 0 Å². The Labute approximate surface area is 62.1 Å². The van der Waals surface area contributed by atoms with E-state index in [-0.39, 0.29) is 13.2 Å². The minimum atomic E-state index is 0.169. The van der Waals surface area contributed by atoms with E-state index in [1.807, 2.05) is 6.92 Å². The largest absolute Gasteiger partial charge is 0.396 e. The van der Waals surface area contributed by atoms with Crippen LogP contribution >= 0.6 is 0 Å². The fourth-order valence-electron chi connectivity index (χ4n) is 0.723. The van der Waals surface area contributed by atoms with E-state index < -0.39 is 0 Å². The van der Waals surface area contributed by atoms with Crippen LogP contribution < -0.4 is 5.32 Å². The summed E-state index contributed by atoms with van der Waals surface area (Å²) in [5.41, 5.74) is 0. The van der Waals surface area contributed by atoms with E-state index >= 15 is 0 Å². The van der Waals surface area contributed by atoms with Crippen molar-refractivity contribution < 1.29 is 10.2 Å². The molecule has 1 atom stereocenters. The van der Waals surface area contributed by atoms with Crippen molar-refractivity contribution in [1.29, 1.82) is 0 Å². The number of hydrogen-bond donors (Lipinski definition) is 3. The first kappa shape index (κ1) is 9.88. The molecule has 0 radical (unpaired) electrons. The van der Waals surface area contributed by atoms with Crippen LogP contribution in [-0.4, -0.2) is 36.5 Å². The molecule has 3 nitrogen and oxygen atoms in total. The highest BCUT2D eigenvalue weighted by Gasteiger charge is 2.01. The molecule has 0 spiro atoms. The molecule has 0 aliphatic carbocycles. The SMILES string of the molecule is CCC(CO)CNCCO. The number of aliphatic hydroxyl groups excluding tert-OH is 2. The van der Waals surface area contributed by atoms with E-state index in [0.717, 1.165) is 13.0 Å². The summed E-state index contributed by atoms with van der Waals surface area (Å²) in [6.45, 7) is 3.86. The van der Waals surface area contributed by atoms with Gasteiger partial charge in [0.05, 0.1) is 6.61 Å². The zero-order valence-corrected chi connectivity index (χ0v) is 6.51. The van der Waals surface area contributed by atoms with Gasteiger partial charge in [0.1, 0.15) is 0 Å². The van der Waals surface area contributed by atoms with Gasteiger partial charge in [-0.15, -0.1) is 0 Å². The highest BCUT2D eigenvalue weighted by molar-refractivity contribution is 4.57. The zero-order valence-electron chi connectivity index (χ0n) is 6.51. The van der Waals surface area contributed by atoms with Gasteiger partial charge in [-0.25, -0.2) is 0 Å². The second-order valence-electron chi connectivity index (χ2n) is 2.38. The molecule has 0 rings (SSSR count). The standard InChI is InChI=1S/C7H17NO2/c1-2-7(6-10)5-8-3-4-9/h7-10H,2-6H2,1H3. The predicted molar refractivity (Wildman–Crippen MR) is 40.8 cm³/mol. The molecule has 0 aromatic rings. The molecule has 62 valence electrons. The van der Waals surface area contributed by atoms with Gasteiger partial charge in [0, 0.05) is 19.7 Å². The van der Waals surface area contributed by atoms with Crippen LogP contribution in [0.3, 0.4) is 0 Å². The van der Waals surface area contributed by atoms with Gasteiger partial charge in [0.25, 0.3) is 0 Å². The molecule has 3 heteroatoms. The lowest BCUT2D eigenvalue weighted by Gasteiger charge is -2.10. The van der Waals surface area contributed by atoms with Crippen LogP contribution in [-0.2, 0) is 0 Å². The molecule has 0 saturated heterocycles. The summed E-state index contributed by atoms with van der Waals surface area (Å²) in [6, 6.07) is 0. The average molecular weight is 147 g/mol. The Balaban J connectivity index is 3.09. The van der Waals surface area contributed by atoms with Crippen LogP contribution in [0, 0.1) is 5.92 Å². The first-order valence-electron chi connectivity index (χ1n) is 3.77. The third kappa shape index (κ3) is 4.73. The Morgan fingerprint density at radius 3 is 2.50 bits per heavy atom. The Kier molecular flexibility index (Phi) is 6.91. The minimum absolute atomic E-state index is 0.169. The quantitative estimate of drug-likeness (QED) is 0.447. The van der Waals surface area contributed by atoms with Gasteiger partial charge >= 0.3 is 0 Å². The van der Waals surface area contributed by atoms with Crippen molar-refractivity contribution in [3.8, 4) is 0 Å². The number of hydrogen-bond acceptors (Lipinski definition) is 3. The van der Waals surface area contributed by atoms with Gasteiger partial charge in [-0.3, -0.25) is 0 Å². The van der Waals surface area contributed by atoms with Gasteiger partial charge in [-0.05, 0) is 12.3 Å². The Bertz CT molecular complexity index is 64.6. The van der Waals surface area contributed by atoms with E-state index in [0.29, 0.717) is 12.5 Å². The number of aliphatic hydroxyl groups is 2. The van der Waals surface area contributed by atoms with Crippen molar-refractivity contribution in [2.24, 2.45) is 5.92 Å². The molecule has 0 heterocycles.